The number of hydrogen-bond donors (Lipinski definition) is 3. The molecule has 1 aromatic carbocycles. The van der Waals surface area contributed by atoms with E-state index >= 15 is 0 Å². The van der Waals surface area contributed by atoms with Crippen LogP contribution in [0.5, 0.6) is 0 Å². The third-order valence-corrected chi connectivity index (χ3v) is 6.80. The number of piperidine rings is 1. The van der Waals surface area contributed by atoms with Crippen molar-refractivity contribution in [3.05, 3.63) is 52.1 Å². The third-order valence-electron chi connectivity index (χ3n) is 6.80. The summed E-state index contributed by atoms with van der Waals surface area (Å²) in [5.41, 5.74) is 8.26. The van der Waals surface area contributed by atoms with Crippen LogP contribution in [0, 0.1) is 0 Å². The molecule has 4 rings (SSSR count). The molecule has 0 saturated carbocycles. The molecule has 3 heterocycles. The number of fused-ring (bicyclic) bond motifs is 1. The van der Waals surface area contributed by atoms with Crippen molar-refractivity contribution in [2.45, 2.75) is 57.8 Å². The number of nitrogens with zero attached hydrogens (tertiary/aromatic N) is 4. The van der Waals surface area contributed by atoms with Crippen LogP contribution >= 0.6 is 0 Å². The third kappa shape index (κ3) is 5.71. The number of aromatic nitrogens is 2. The SMILES string of the molecule is CCCCOC1=Nc2c([nH]c(=O)n2C2CCN(CCCNCc3ccccc3)CC2)C(N)N1C. The number of amidine groups is 1. The maximum Gasteiger partial charge on any atom is 0.327 e. The van der Waals surface area contributed by atoms with E-state index in [-0.39, 0.29) is 11.7 Å². The van der Waals surface area contributed by atoms with Crippen molar-refractivity contribution >= 4 is 11.8 Å². The van der Waals surface area contributed by atoms with Gasteiger partial charge in [-0.15, -0.1) is 0 Å². The average Bonchev–Trinajstić information content (AvgIpc) is 3.19. The first-order chi connectivity index (χ1) is 16.6. The van der Waals surface area contributed by atoms with E-state index in [2.05, 4.69) is 46.4 Å². The van der Waals surface area contributed by atoms with Crippen LogP contribution < -0.4 is 16.7 Å². The van der Waals surface area contributed by atoms with Gasteiger partial charge in [-0.1, -0.05) is 43.7 Å². The fourth-order valence-electron chi connectivity index (χ4n) is 4.70. The molecule has 0 spiro atoms. The van der Waals surface area contributed by atoms with Crippen molar-refractivity contribution in [1.82, 2.24) is 24.7 Å². The normalized spacial score (nSPS) is 19.2. The molecule has 2 aliphatic heterocycles. The van der Waals surface area contributed by atoms with Gasteiger partial charge in [-0.05, 0) is 44.3 Å². The Morgan fingerprint density at radius 2 is 1.97 bits per heavy atom. The number of rotatable bonds is 10. The fourth-order valence-corrected chi connectivity index (χ4v) is 4.70. The number of nitrogens with two attached hydrogens (primary N) is 1. The van der Waals surface area contributed by atoms with Crippen molar-refractivity contribution < 1.29 is 4.74 Å². The molecule has 0 radical (unpaired) electrons. The summed E-state index contributed by atoms with van der Waals surface area (Å²) in [6.45, 7) is 7.65. The lowest BCUT2D eigenvalue weighted by Crippen LogP contribution is -2.40. The number of H-pyrrole nitrogens is 1. The molecule has 9 nitrogen and oxygen atoms in total. The molecule has 0 amide bonds. The van der Waals surface area contributed by atoms with E-state index in [9.17, 15) is 4.79 Å². The van der Waals surface area contributed by atoms with Gasteiger partial charge in [0, 0.05) is 32.7 Å². The molecule has 186 valence electrons. The first-order valence-electron chi connectivity index (χ1n) is 12.6. The van der Waals surface area contributed by atoms with E-state index < -0.39 is 6.17 Å². The maximum absolute atomic E-state index is 12.9. The van der Waals surface area contributed by atoms with Gasteiger partial charge in [-0.25, -0.2) is 4.79 Å². The number of hydrogen-bond acceptors (Lipinski definition) is 7. The van der Waals surface area contributed by atoms with Gasteiger partial charge in [-0.3, -0.25) is 4.57 Å². The molecule has 1 saturated heterocycles. The molecule has 1 atom stereocenters. The zero-order valence-corrected chi connectivity index (χ0v) is 20.5. The number of likely N-dealkylation sites (tertiary alicyclic amines) is 1. The number of nitrogens with one attached hydrogen (secondary N) is 2. The number of ether oxygens (including phenoxy) is 1. The van der Waals surface area contributed by atoms with Crippen LogP contribution in [0.15, 0.2) is 40.1 Å². The zero-order chi connectivity index (χ0) is 23.9. The quantitative estimate of drug-likeness (QED) is 0.462. The highest BCUT2D eigenvalue weighted by molar-refractivity contribution is 5.79. The van der Waals surface area contributed by atoms with Crippen LogP contribution in [-0.2, 0) is 11.3 Å². The molecule has 1 unspecified atom stereocenters. The summed E-state index contributed by atoms with van der Waals surface area (Å²) in [7, 11) is 1.85. The molecule has 2 aliphatic rings. The molecule has 34 heavy (non-hydrogen) atoms. The molecule has 9 heteroatoms. The highest BCUT2D eigenvalue weighted by Gasteiger charge is 2.33. The fraction of sp³-hybridized carbons (Fsp3) is 0.600. The molecule has 2 aromatic rings. The van der Waals surface area contributed by atoms with Crippen molar-refractivity contribution in [2.24, 2.45) is 10.7 Å². The summed E-state index contributed by atoms with van der Waals surface area (Å²) in [6.07, 6.45) is 4.49. The van der Waals surface area contributed by atoms with Crippen LogP contribution in [0.4, 0.5) is 5.82 Å². The second kappa shape index (κ2) is 11.7. The van der Waals surface area contributed by atoms with Gasteiger partial charge in [0.15, 0.2) is 5.82 Å². The van der Waals surface area contributed by atoms with Crippen molar-refractivity contribution in [3.8, 4) is 0 Å². The minimum atomic E-state index is -0.471. The predicted molar refractivity (Wildman–Crippen MR) is 135 cm³/mol. The van der Waals surface area contributed by atoms with Gasteiger partial charge in [0.25, 0.3) is 6.02 Å². The van der Waals surface area contributed by atoms with Gasteiger partial charge in [0.2, 0.25) is 0 Å². The number of imidazole rings is 1. The standard InChI is InChI=1S/C25H39N7O2/c1-3-4-17-34-25-29-23-21(22(26)30(25)2)28-24(33)32(23)20-11-15-31(16-12-20)14-8-13-27-18-19-9-6-5-7-10-19/h5-7,9-10,20,22,27H,3-4,8,11-18,26H2,1-2H3,(H,28,33). The van der Waals surface area contributed by atoms with Crippen LogP contribution in [-0.4, -0.2) is 65.2 Å². The second-order valence-corrected chi connectivity index (χ2v) is 9.28. The van der Waals surface area contributed by atoms with Gasteiger partial charge in [0.05, 0.1) is 6.61 Å². The van der Waals surface area contributed by atoms with Crippen LogP contribution in [0.3, 0.4) is 0 Å². The van der Waals surface area contributed by atoms with Gasteiger partial charge >= 0.3 is 5.69 Å². The van der Waals surface area contributed by atoms with Crippen LogP contribution in [0.1, 0.15) is 62.5 Å². The Labute approximate surface area is 202 Å². The Balaban J connectivity index is 1.30. The Morgan fingerprint density at radius 1 is 1.21 bits per heavy atom. The first-order valence-corrected chi connectivity index (χ1v) is 12.6. The van der Waals surface area contributed by atoms with Crippen molar-refractivity contribution in [2.75, 3.05) is 39.8 Å². The summed E-state index contributed by atoms with van der Waals surface area (Å²) >= 11 is 0. The predicted octanol–water partition coefficient (Wildman–Crippen LogP) is 2.70. The van der Waals surface area contributed by atoms with E-state index in [0.29, 0.717) is 24.1 Å². The largest absolute Gasteiger partial charge is 0.465 e. The van der Waals surface area contributed by atoms with Gasteiger partial charge in [0.1, 0.15) is 11.9 Å². The van der Waals surface area contributed by atoms with Crippen LogP contribution in [0.25, 0.3) is 0 Å². The number of aliphatic imine (C=N–C) groups is 1. The van der Waals surface area contributed by atoms with Gasteiger partial charge < -0.3 is 30.6 Å². The summed E-state index contributed by atoms with van der Waals surface area (Å²) in [6, 6.07) is 11.1. The summed E-state index contributed by atoms with van der Waals surface area (Å²) in [5, 5.41) is 3.53. The lowest BCUT2D eigenvalue weighted by atomic mass is 10.0. The van der Waals surface area contributed by atoms with E-state index in [1.807, 2.05) is 17.7 Å². The Morgan fingerprint density at radius 3 is 2.71 bits per heavy atom. The zero-order valence-electron chi connectivity index (χ0n) is 20.5. The molecule has 1 fully saturated rings. The number of benzene rings is 1. The van der Waals surface area contributed by atoms with E-state index in [0.717, 1.165) is 64.8 Å². The smallest absolute Gasteiger partial charge is 0.327 e. The maximum atomic E-state index is 12.9. The first kappa shape index (κ1) is 24.5. The highest BCUT2D eigenvalue weighted by Crippen LogP contribution is 2.33. The molecular weight excluding hydrogens is 430 g/mol. The number of unbranched alkanes of at least 4 members (excludes halogenated alkanes) is 1. The van der Waals surface area contributed by atoms with Crippen LogP contribution in [0.2, 0.25) is 0 Å². The number of aromatic amines is 1. The summed E-state index contributed by atoms with van der Waals surface area (Å²) in [5.74, 6) is 0.630. The molecular formula is C25H39N7O2. The summed E-state index contributed by atoms with van der Waals surface area (Å²) < 4.78 is 7.69. The van der Waals surface area contributed by atoms with E-state index in [4.69, 9.17) is 15.5 Å². The summed E-state index contributed by atoms with van der Waals surface area (Å²) in [4.78, 5) is 24.8. The lowest BCUT2D eigenvalue weighted by molar-refractivity contribution is 0.182. The van der Waals surface area contributed by atoms with Crippen molar-refractivity contribution in [3.63, 3.8) is 0 Å². The molecule has 0 bridgehead atoms. The second-order valence-electron chi connectivity index (χ2n) is 9.28. The Bertz CT molecular complexity index is 992. The van der Waals surface area contributed by atoms with E-state index in [1.165, 1.54) is 5.56 Å². The van der Waals surface area contributed by atoms with Crippen molar-refractivity contribution in [1.29, 1.82) is 0 Å². The van der Waals surface area contributed by atoms with E-state index in [1.54, 1.807) is 4.90 Å². The van der Waals surface area contributed by atoms with Gasteiger partial charge in [-0.2, -0.15) is 4.99 Å². The molecule has 1 aromatic heterocycles. The monoisotopic (exact) mass is 469 g/mol. The average molecular weight is 470 g/mol. The topological polar surface area (TPSA) is 104 Å². The minimum absolute atomic E-state index is 0.121. The molecule has 0 aliphatic carbocycles. The highest BCUT2D eigenvalue weighted by atomic mass is 16.5. The molecule has 4 N–H and O–H groups in total. The Kier molecular flexibility index (Phi) is 8.42. The Hall–Kier alpha value is -2.62. The minimum Gasteiger partial charge on any atom is -0.465 e. The lowest BCUT2D eigenvalue weighted by Gasteiger charge is -2.34.